The number of thiophene rings is 2. The molecule has 14 heavy (non-hydrogen) atoms. The minimum Gasteiger partial charge on any atom is -0.287 e. The van der Waals surface area contributed by atoms with Crippen LogP contribution in [0.2, 0.25) is 0 Å². The molecule has 0 radical (unpaired) electrons. The summed E-state index contributed by atoms with van der Waals surface area (Å²) in [6.45, 7) is 0. The van der Waals surface area contributed by atoms with E-state index in [-0.39, 0.29) is 10.7 Å². The van der Waals surface area contributed by atoms with Crippen molar-refractivity contribution in [1.82, 2.24) is 0 Å². The lowest BCUT2D eigenvalue weighted by atomic mass is 10.2. The highest BCUT2D eigenvalue weighted by atomic mass is 79.9. The van der Waals surface area contributed by atoms with Crippen molar-refractivity contribution in [3.8, 4) is 0 Å². The number of hydrogen-bond donors (Lipinski definition) is 0. The van der Waals surface area contributed by atoms with Crippen molar-refractivity contribution < 1.29 is 9.18 Å². The standard InChI is InChI=1S/C9H4BrFOS2/c10-5-1-3-13-8(5)7(12)9-6(11)2-4-14-9/h1-4H. The van der Waals surface area contributed by atoms with Gasteiger partial charge in [-0.2, -0.15) is 0 Å². The largest absolute Gasteiger partial charge is 0.287 e. The number of ketones is 1. The van der Waals surface area contributed by atoms with Crippen LogP contribution in [-0.4, -0.2) is 5.78 Å². The van der Waals surface area contributed by atoms with Crippen LogP contribution in [0.3, 0.4) is 0 Å². The van der Waals surface area contributed by atoms with Crippen molar-refractivity contribution >= 4 is 44.4 Å². The molecule has 0 bridgehead atoms. The van der Waals surface area contributed by atoms with Crippen LogP contribution in [0, 0.1) is 5.82 Å². The average molecular weight is 291 g/mol. The molecule has 0 spiro atoms. The van der Waals surface area contributed by atoms with Crippen molar-refractivity contribution in [2.45, 2.75) is 0 Å². The van der Waals surface area contributed by atoms with Gasteiger partial charge in [0.15, 0.2) is 0 Å². The summed E-state index contributed by atoms with van der Waals surface area (Å²) in [6.07, 6.45) is 0. The molecule has 2 rings (SSSR count). The minimum atomic E-state index is -0.444. The summed E-state index contributed by atoms with van der Waals surface area (Å²) in [4.78, 5) is 12.5. The van der Waals surface area contributed by atoms with Crippen molar-refractivity contribution in [2.75, 3.05) is 0 Å². The highest BCUT2D eigenvalue weighted by Crippen LogP contribution is 2.28. The van der Waals surface area contributed by atoms with Gasteiger partial charge in [-0.1, -0.05) is 0 Å². The first-order valence-corrected chi connectivity index (χ1v) is 6.26. The third-order valence-corrected chi connectivity index (χ3v) is 4.37. The molecule has 0 amide bonds. The van der Waals surface area contributed by atoms with Crippen molar-refractivity contribution in [1.29, 1.82) is 0 Å². The van der Waals surface area contributed by atoms with Crippen LogP contribution < -0.4 is 0 Å². The molecule has 1 nitrogen and oxygen atoms in total. The van der Waals surface area contributed by atoms with Gasteiger partial charge in [0, 0.05) is 4.47 Å². The van der Waals surface area contributed by atoms with Gasteiger partial charge < -0.3 is 0 Å². The second-order valence-corrected chi connectivity index (χ2v) is 5.21. The lowest BCUT2D eigenvalue weighted by Gasteiger charge is -1.94. The molecule has 2 aromatic heterocycles. The van der Waals surface area contributed by atoms with Gasteiger partial charge >= 0.3 is 0 Å². The fourth-order valence-electron chi connectivity index (χ4n) is 1.01. The predicted octanol–water partition coefficient (Wildman–Crippen LogP) is 3.94. The van der Waals surface area contributed by atoms with Gasteiger partial charge in [0.2, 0.25) is 5.78 Å². The van der Waals surface area contributed by atoms with E-state index in [0.717, 1.165) is 15.8 Å². The highest BCUT2D eigenvalue weighted by molar-refractivity contribution is 9.10. The zero-order valence-corrected chi connectivity index (χ0v) is 10.0. The van der Waals surface area contributed by atoms with E-state index in [9.17, 15) is 9.18 Å². The van der Waals surface area contributed by atoms with Crippen molar-refractivity contribution in [2.24, 2.45) is 0 Å². The molecule has 0 aliphatic rings. The highest BCUT2D eigenvalue weighted by Gasteiger charge is 2.18. The van der Waals surface area contributed by atoms with Crippen LogP contribution in [0.25, 0.3) is 0 Å². The number of hydrogen-bond acceptors (Lipinski definition) is 3. The van der Waals surface area contributed by atoms with Crippen LogP contribution in [0.15, 0.2) is 27.4 Å². The molecular formula is C9H4BrFOS2. The van der Waals surface area contributed by atoms with E-state index in [1.165, 1.54) is 17.4 Å². The summed E-state index contributed by atoms with van der Waals surface area (Å²) < 4.78 is 13.8. The lowest BCUT2D eigenvalue weighted by molar-refractivity contribution is 0.104. The van der Waals surface area contributed by atoms with E-state index in [0.29, 0.717) is 4.88 Å². The van der Waals surface area contributed by atoms with E-state index < -0.39 is 5.82 Å². The molecule has 0 saturated heterocycles. The maximum Gasteiger partial charge on any atom is 0.216 e. The van der Waals surface area contributed by atoms with E-state index in [2.05, 4.69) is 15.9 Å². The Labute approximate surface area is 96.3 Å². The predicted molar refractivity (Wildman–Crippen MR) is 59.7 cm³/mol. The molecule has 0 aromatic carbocycles. The van der Waals surface area contributed by atoms with E-state index in [1.54, 1.807) is 16.8 Å². The Morgan fingerprint density at radius 2 is 1.86 bits per heavy atom. The van der Waals surface area contributed by atoms with Crippen LogP contribution in [0.1, 0.15) is 14.5 Å². The van der Waals surface area contributed by atoms with Crippen molar-refractivity contribution in [3.63, 3.8) is 0 Å². The molecule has 2 aromatic rings. The molecule has 2 heterocycles. The van der Waals surface area contributed by atoms with Gasteiger partial charge in [-0.15, -0.1) is 22.7 Å². The first-order chi connectivity index (χ1) is 6.70. The fourth-order valence-corrected chi connectivity index (χ4v) is 3.29. The Bertz CT molecular complexity index is 432. The maximum absolute atomic E-state index is 13.1. The van der Waals surface area contributed by atoms with Gasteiger partial charge in [0.25, 0.3) is 0 Å². The summed E-state index contributed by atoms with van der Waals surface area (Å²) in [7, 11) is 0. The first-order valence-electron chi connectivity index (χ1n) is 3.71. The Morgan fingerprint density at radius 1 is 1.21 bits per heavy atom. The molecule has 0 unspecified atom stereocenters. The quantitative estimate of drug-likeness (QED) is 0.766. The fraction of sp³-hybridized carbons (Fsp3) is 0. The summed E-state index contributed by atoms with van der Waals surface area (Å²) in [5.41, 5.74) is 0. The summed E-state index contributed by atoms with van der Waals surface area (Å²) in [5.74, 6) is -0.695. The number of carbonyl (C=O) groups is 1. The summed E-state index contributed by atoms with van der Waals surface area (Å²) >= 11 is 5.68. The lowest BCUT2D eigenvalue weighted by Crippen LogP contribution is -1.98. The molecule has 0 aliphatic heterocycles. The molecule has 0 aliphatic carbocycles. The second-order valence-electron chi connectivity index (χ2n) is 2.52. The third-order valence-electron chi connectivity index (χ3n) is 1.65. The zero-order valence-electron chi connectivity index (χ0n) is 6.79. The van der Waals surface area contributed by atoms with Crippen LogP contribution >= 0.6 is 38.6 Å². The van der Waals surface area contributed by atoms with Crippen LogP contribution in [-0.2, 0) is 0 Å². The Balaban J connectivity index is 2.44. The SMILES string of the molecule is O=C(c1sccc1F)c1sccc1Br. The smallest absolute Gasteiger partial charge is 0.216 e. The van der Waals surface area contributed by atoms with Crippen LogP contribution in [0.4, 0.5) is 4.39 Å². The Kier molecular flexibility index (Phi) is 2.80. The van der Waals surface area contributed by atoms with Gasteiger partial charge in [-0.3, -0.25) is 4.79 Å². The number of halogens is 2. The van der Waals surface area contributed by atoms with Gasteiger partial charge in [0.05, 0.1) is 4.88 Å². The average Bonchev–Trinajstić information content (AvgIpc) is 2.73. The summed E-state index contributed by atoms with van der Waals surface area (Å²) in [5, 5.41) is 3.37. The molecule has 5 heteroatoms. The topological polar surface area (TPSA) is 17.1 Å². The molecule has 0 atom stereocenters. The van der Waals surface area contributed by atoms with Gasteiger partial charge in [-0.25, -0.2) is 4.39 Å². The second kappa shape index (κ2) is 3.92. The van der Waals surface area contributed by atoms with Gasteiger partial charge in [0.1, 0.15) is 10.7 Å². The maximum atomic E-state index is 13.1. The zero-order chi connectivity index (χ0) is 10.1. The molecular weight excluding hydrogens is 287 g/mol. The van der Waals surface area contributed by atoms with Gasteiger partial charge in [-0.05, 0) is 38.8 Å². The van der Waals surface area contributed by atoms with Crippen molar-refractivity contribution in [3.05, 3.63) is 42.9 Å². The molecule has 72 valence electrons. The van der Waals surface area contributed by atoms with E-state index in [1.807, 2.05) is 0 Å². The first kappa shape index (κ1) is 10.0. The monoisotopic (exact) mass is 290 g/mol. The Morgan fingerprint density at radius 3 is 2.36 bits per heavy atom. The molecule has 0 saturated carbocycles. The molecule has 0 fully saturated rings. The third kappa shape index (κ3) is 1.67. The Hall–Kier alpha value is -0.520. The normalized spacial score (nSPS) is 10.4. The van der Waals surface area contributed by atoms with E-state index >= 15 is 0 Å². The summed E-state index contributed by atoms with van der Waals surface area (Å²) in [6, 6.07) is 3.09. The minimum absolute atomic E-state index is 0.174. The molecule has 0 N–H and O–H groups in total. The van der Waals surface area contributed by atoms with Crippen LogP contribution in [0.5, 0.6) is 0 Å². The number of rotatable bonds is 2. The number of carbonyl (C=O) groups excluding carboxylic acids is 1. The van der Waals surface area contributed by atoms with E-state index in [4.69, 9.17) is 0 Å².